The van der Waals surface area contributed by atoms with E-state index in [-0.39, 0.29) is 17.9 Å². The van der Waals surface area contributed by atoms with Gasteiger partial charge in [-0.2, -0.15) is 0 Å². The van der Waals surface area contributed by atoms with Gasteiger partial charge in [0.05, 0.1) is 24.5 Å². The number of para-hydroxylation sites is 1. The lowest BCUT2D eigenvalue weighted by atomic mass is 9.77. The van der Waals surface area contributed by atoms with E-state index < -0.39 is 17.4 Å². The SMILES string of the molecule is O=C(NCCc1c[nH]c2ccccc12)[C@@H]1[C@H]2C(=O)N(Cc3ccncc3)C[C@]23C=C[C@H]1O3. The number of hydrogen-bond acceptors (Lipinski definition) is 4. The van der Waals surface area contributed by atoms with Gasteiger partial charge in [0.25, 0.3) is 0 Å². The van der Waals surface area contributed by atoms with Crippen LogP contribution in [0.5, 0.6) is 0 Å². The molecule has 0 radical (unpaired) electrons. The third-order valence-electron chi connectivity index (χ3n) is 6.97. The summed E-state index contributed by atoms with van der Waals surface area (Å²) in [4.78, 5) is 35.6. The summed E-state index contributed by atoms with van der Waals surface area (Å²) < 4.78 is 6.21. The third-order valence-corrected chi connectivity index (χ3v) is 6.97. The van der Waals surface area contributed by atoms with Crippen molar-refractivity contribution in [3.63, 3.8) is 0 Å². The molecule has 5 heterocycles. The van der Waals surface area contributed by atoms with Crippen LogP contribution in [0.25, 0.3) is 10.9 Å². The fraction of sp³-hybridized carbons (Fsp3) is 0.320. The van der Waals surface area contributed by atoms with Crippen molar-refractivity contribution >= 4 is 22.7 Å². The molecule has 2 fully saturated rings. The van der Waals surface area contributed by atoms with E-state index in [0.29, 0.717) is 19.6 Å². The number of rotatable bonds is 6. The average molecular weight is 428 g/mol. The van der Waals surface area contributed by atoms with Crippen LogP contribution in [-0.4, -0.2) is 51.5 Å². The van der Waals surface area contributed by atoms with Crippen LogP contribution in [0.3, 0.4) is 0 Å². The molecule has 0 unspecified atom stereocenters. The van der Waals surface area contributed by atoms with Gasteiger partial charge in [0.15, 0.2) is 0 Å². The highest BCUT2D eigenvalue weighted by Gasteiger charge is 2.66. The fourth-order valence-corrected chi connectivity index (χ4v) is 5.50. The van der Waals surface area contributed by atoms with E-state index in [0.717, 1.165) is 17.5 Å². The second kappa shape index (κ2) is 7.31. The van der Waals surface area contributed by atoms with Crippen LogP contribution < -0.4 is 5.32 Å². The zero-order valence-electron chi connectivity index (χ0n) is 17.5. The summed E-state index contributed by atoms with van der Waals surface area (Å²) in [5.41, 5.74) is 2.59. The third kappa shape index (κ3) is 2.96. The molecule has 162 valence electrons. The molecule has 1 spiro atoms. The molecule has 1 aromatic carbocycles. The summed E-state index contributed by atoms with van der Waals surface area (Å²) in [7, 11) is 0. The Morgan fingerprint density at radius 3 is 2.97 bits per heavy atom. The van der Waals surface area contributed by atoms with Crippen LogP contribution in [0, 0.1) is 11.8 Å². The van der Waals surface area contributed by atoms with E-state index in [4.69, 9.17) is 4.74 Å². The number of nitrogens with one attached hydrogen (secondary N) is 2. The second-order valence-electron chi connectivity index (χ2n) is 8.85. The van der Waals surface area contributed by atoms with E-state index in [1.54, 1.807) is 17.3 Å². The molecule has 7 nitrogen and oxygen atoms in total. The van der Waals surface area contributed by atoms with Gasteiger partial charge in [0.2, 0.25) is 11.8 Å². The van der Waals surface area contributed by atoms with Gasteiger partial charge >= 0.3 is 0 Å². The summed E-state index contributed by atoms with van der Waals surface area (Å²) >= 11 is 0. The van der Waals surface area contributed by atoms with Crippen LogP contribution >= 0.6 is 0 Å². The molecule has 0 aliphatic carbocycles. The maximum absolute atomic E-state index is 13.3. The zero-order chi connectivity index (χ0) is 21.7. The van der Waals surface area contributed by atoms with E-state index >= 15 is 0 Å². The predicted octanol–water partition coefficient (Wildman–Crippen LogP) is 2.20. The molecule has 6 rings (SSSR count). The number of benzene rings is 1. The Morgan fingerprint density at radius 1 is 1.25 bits per heavy atom. The molecular weight excluding hydrogens is 404 g/mol. The Balaban J connectivity index is 1.15. The molecule has 2 amide bonds. The molecule has 2 N–H and O–H groups in total. The Bertz CT molecular complexity index is 1220. The largest absolute Gasteiger partial charge is 0.361 e. The summed E-state index contributed by atoms with van der Waals surface area (Å²) in [6.45, 7) is 1.49. The van der Waals surface area contributed by atoms with Crippen molar-refractivity contribution in [2.75, 3.05) is 13.1 Å². The molecule has 3 aliphatic rings. The quantitative estimate of drug-likeness (QED) is 0.590. The maximum atomic E-state index is 13.3. The van der Waals surface area contributed by atoms with E-state index in [1.807, 2.05) is 48.7 Å². The van der Waals surface area contributed by atoms with E-state index in [9.17, 15) is 9.59 Å². The molecule has 3 aliphatic heterocycles. The summed E-state index contributed by atoms with van der Waals surface area (Å²) in [5.74, 6) is -1.07. The Hall–Kier alpha value is -3.45. The van der Waals surface area contributed by atoms with Gasteiger partial charge in [0, 0.05) is 42.6 Å². The van der Waals surface area contributed by atoms with Gasteiger partial charge in [-0.1, -0.05) is 30.4 Å². The zero-order valence-corrected chi connectivity index (χ0v) is 17.5. The van der Waals surface area contributed by atoms with Gasteiger partial charge in [0.1, 0.15) is 5.60 Å². The molecule has 0 saturated carbocycles. The first-order chi connectivity index (χ1) is 15.6. The Labute approximate surface area is 185 Å². The highest BCUT2D eigenvalue weighted by Crippen LogP contribution is 2.52. The lowest BCUT2D eigenvalue weighted by Crippen LogP contribution is -2.44. The average Bonchev–Trinajstić information content (AvgIpc) is 3.55. The van der Waals surface area contributed by atoms with Gasteiger partial charge < -0.3 is 19.9 Å². The van der Waals surface area contributed by atoms with Crippen molar-refractivity contribution in [3.05, 3.63) is 78.3 Å². The number of pyridine rings is 1. The van der Waals surface area contributed by atoms with Crippen LogP contribution in [0.4, 0.5) is 0 Å². The fourth-order valence-electron chi connectivity index (χ4n) is 5.50. The number of carbonyl (C=O) groups is 2. The van der Waals surface area contributed by atoms with Crippen molar-refractivity contribution in [3.8, 4) is 0 Å². The van der Waals surface area contributed by atoms with Gasteiger partial charge in [-0.25, -0.2) is 0 Å². The molecule has 32 heavy (non-hydrogen) atoms. The summed E-state index contributed by atoms with van der Waals surface area (Å²) in [5, 5.41) is 4.23. The predicted molar refractivity (Wildman–Crippen MR) is 118 cm³/mol. The Morgan fingerprint density at radius 2 is 2.09 bits per heavy atom. The van der Waals surface area contributed by atoms with Crippen LogP contribution in [0.1, 0.15) is 11.1 Å². The highest BCUT2D eigenvalue weighted by atomic mass is 16.5. The first kappa shape index (κ1) is 19.3. The lowest BCUT2D eigenvalue weighted by molar-refractivity contribution is -0.137. The first-order valence-electron chi connectivity index (χ1n) is 11.0. The highest BCUT2D eigenvalue weighted by molar-refractivity contribution is 5.93. The second-order valence-corrected chi connectivity index (χ2v) is 8.85. The van der Waals surface area contributed by atoms with E-state index in [1.165, 1.54) is 10.9 Å². The summed E-state index contributed by atoms with van der Waals surface area (Å²) in [6, 6.07) is 11.9. The van der Waals surface area contributed by atoms with Crippen molar-refractivity contribution in [1.82, 2.24) is 20.2 Å². The van der Waals surface area contributed by atoms with Crippen LogP contribution in [0.2, 0.25) is 0 Å². The number of H-pyrrole nitrogens is 1. The number of aromatic nitrogens is 2. The lowest BCUT2D eigenvalue weighted by Gasteiger charge is -2.23. The number of nitrogens with zero attached hydrogens (tertiary/aromatic N) is 2. The normalized spacial score (nSPS) is 27.9. The number of carbonyl (C=O) groups excluding carboxylic acids is 2. The van der Waals surface area contributed by atoms with Crippen molar-refractivity contribution in [1.29, 1.82) is 0 Å². The number of ether oxygens (including phenoxy) is 1. The topological polar surface area (TPSA) is 87.3 Å². The maximum Gasteiger partial charge on any atom is 0.230 e. The van der Waals surface area contributed by atoms with Gasteiger partial charge in [-0.3, -0.25) is 14.6 Å². The van der Waals surface area contributed by atoms with Crippen molar-refractivity contribution < 1.29 is 14.3 Å². The summed E-state index contributed by atoms with van der Waals surface area (Å²) in [6.07, 6.45) is 9.77. The number of aromatic amines is 1. The molecule has 2 bridgehead atoms. The van der Waals surface area contributed by atoms with Crippen LogP contribution in [-0.2, 0) is 27.3 Å². The van der Waals surface area contributed by atoms with E-state index in [2.05, 4.69) is 21.4 Å². The number of likely N-dealkylation sites (tertiary alicyclic amines) is 1. The molecule has 2 saturated heterocycles. The number of hydrogen-bond donors (Lipinski definition) is 2. The standard InChI is InChI=1S/C25H24N4O3/c30-23(27-12-8-17-13-28-19-4-2-1-3-18(17)19)21-20-5-9-25(32-20)15-29(24(31)22(21)25)14-16-6-10-26-11-7-16/h1-7,9-11,13,20-22,28H,8,12,14-15H2,(H,27,30)/t20-,21+,22+,25-/m1/s1. The van der Waals surface area contributed by atoms with Gasteiger partial charge in [-0.15, -0.1) is 0 Å². The Kier molecular flexibility index (Phi) is 4.40. The van der Waals surface area contributed by atoms with Crippen molar-refractivity contribution in [2.45, 2.75) is 24.7 Å². The minimum atomic E-state index is -0.687. The van der Waals surface area contributed by atoms with Crippen molar-refractivity contribution in [2.24, 2.45) is 11.8 Å². The van der Waals surface area contributed by atoms with Crippen LogP contribution in [0.15, 0.2) is 67.1 Å². The number of fused-ring (bicyclic) bond motifs is 2. The molecule has 7 heteroatoms. The minimum absolute atomic E-state index is 0.00885. The number of amides is 2. The molecule has 4 atom stereocenters. The minimum Gasteiger partial charge on any atom is -0.361 e. The van der Waals surface area contributed by atoms with Gasteiger partial charge in [-0.05, 0) is 35.7 Å². The molecule has 2 aromatic heterocycles. The molecule has 3 aromatic rings. The first-order valence-corrected chi connectivity index (χ1v) is 11.0. The smallest absolute Gasteiger partial charge is 0.230 e. The monoisotopic (exact) mass is 428 g/mol. The molecular formula is C25H24N4O3.